The number of para-hydroxylation sites is 2. The molecule has 2 aromatic rings. The molecule has 0 aliphatic rings. The van der Waals surface area contributed by atoms with E-state index < -0.39 is 20.7 Å². The van der Waals surface area contributed by atoms with Crippen LogP contribution in [0.1, 0.15) is 0 Å². The van der Waals surface area contributed by atoms with Gasteiger partial charge in [0, 0.05) is 0 Å². The van der Waals surface area contributed by atoms with Crippen LogP contribution in [0.4, 0.5) is 10.1 Å². The summed E-state index contributed by atoms with van der Waals surface area (Å²) in [7, 11) is -4.05. The van der Waals surface area contributed by atoms with Crippen molar-refractivity contribution < 1.29 is 17.9 Å². The van der Waals surface area contributed by atoms with Crippen molar-refractivity contribution in [1.82, 2.24) is 0 Å². The van der Waals surface area contributed by atoms with Crippen LogP contribution in [0, 0.1) is 5.82 Å². The first-order valence-electron chi connectivity index (χ1n) is 5.06. The molecule has 0 amide bonds. The largest absolute Gasteiger partial charge is 0.506 e. The van der Waals surface area contributed by atoms with Crippen LogP contribution in [0.3, 0.4) is 0 Å². The van der Waals surface area contributed by atoms with Gasteiger partial charge in [-0.25, -0.2) is 12.8 Å². The lowest BCUT2D eigenvalue weighted by atomic mass is 10.3. The number of aromatic hydroxyl groups is 1. The molecular weight excluding hydrogens is 257 g/mol. The number of nitrogens with one attached hydrogen (secondary N) is 1. The van der Waals surface area contributed by atoms with Crippen LogP contribution in [-0.4, -0.2) is 13.5 Å². The second kappa shape index (κ2) is 4.66. The summed E-state index contributed by atoms with van der Waals surface area (Å²) in [5.41, 5.74) is 0.000697. The van der Waals surface area contributed by atoms with E-state index >= 15 is 0 Å². The fourth-order valence-corrected chi connectivity index (χ4v) is 2.58. The predicted octanol–water partition coefficient (Wildman–Crippen LogP) is 2.33. The highest BCUT2D eigenvalue weighted by Gasteiger charge is 2.19. The third-order valence-corrected chi connectivity index (χ3v) is 3.67. The highest BCUT2D eigenvalue weighted by Crippen LogP contribution is 2.25. The summed E-state index contributed by atoms with van der Waals surface area (Å²) < 4.78 is 39.4. The van der Waals surface area contributed by atoms with Gasteiger partial charge in [0.15, 0.2) is 0 Å². The Kier molecular flexibility index (Phi) is 3.20. The Bertz CT molecular complexity index is 671. The molecule has 94 valence electrons. The third kappa shape index (κ3) is 2.43. The number of hydrogen-bond donors (Lipinski definition) is 2. The quantitative estimate of drug-likeness (QED) is 0.839. The fourth-order valence-electron chi connectivity index (χ4n) is 1.42. The molecule has 6 heteroatoms. The van der Waals surface area contributed by atoms with Crippen LogP contribution < -0.4 is 4.72 Å². The van der Waals surface area contributed by atoms with Gasteiger partial charge in [0.25, 0.3) is 10.0 Å². The molecule has 0 fully saturated rings. The normalized spacial score (nSPS) is 11.2. The number of hydrogen-bond acceptors (Lipinski definition) is 3. The maximum absolute atomic E-state index is 13.4. The maximum atomic E-state index is 13.4. The molecule has 0 saturated heterocycles. The molecular formula is C12H10FNO3S. The Morgan fingerprint density at radius 3 is 2.28 bits per heavy atom. The summed E-state index contributed by atoms with van der Waals surface area (Å²) in [4.78, 5) is -0.465. The van der Waals surface area contributed by atoms with Gasteiger partial charge in [0.1, 0.15) is 16.5 Å². The monoisotopic (exact) mass is 267 g/mol. The van der Waals surface area contributed by atoms with E-state index in [0.29, 0.717) is 0 Å². The van der Waals surface area contributed by atoms with E-state index in [2.05, 4.69) is 4.72 Å². The molecule has 0 aromatic heterocycles. The molecule has 0 heterocycles. The van der Waals surface area contributed by atoms with Crippen LogP contribution in [0.15, 0.2) is 53.4 Å². The Morgan fingerprint density at radius 1 is 1.00 bits per heavy atom. The minimum absolute atomic E-state index is 0.000697. The van der Waals surface area contributed by atoms with Crippen molar-refractivity contribution in [3.63, 3.8) is 0 Å². The van der Waals surface area contributed by atoms with E-state index in [0.717, 1.165) is 12.1 Å². The van der Waals surface area contributed by atoms with E-state index in [1.165, 1.54) is 24.3 Å². The topological polar surface area (TPSA) is 66.4 Å². The van der Waals surface area contributed by atoms with Crippen molar-refractivity contribution in [2.75, 3.05) is 4.72 Å². The van der Waals surface area contributed by atoms with Crippen molar-refractivity contribution in [2.45, 2.75) is 4.90 Å². The Labute approximate surface area is 104 Å². The molecule has 0 bridgehead atoms. The summed E-state index contributed by atoms with van der Waals surface area (Å²) >= 11 is 0. The minimum atomic E-state index is -4.05. The van der Waals surface area contributed by atoms with Crippen LogP contribution >= 0.6 is 0 Å². The number of sulfonamides is 1. The lowest BCUT2D eigenvalue weighted by molar-refractivity contribution is 0.477. The first-order chi connectivity index (χ1) is 8.50. The Balaban J connectivity index is 2.40. The van der Waals surface area contributed by atoms with Gasteiger partial charge in [-0.15, -0.1) is 0 Å². The van der Waals surface area contributed by atoms with E-state index in [4.69, 9.17) is 0 Å². The molecule has 0 unspecified atom stereocenters. The van der Waals surface area contributed by atoms with Gasteiger partial charge in [0.2, 0.25) is 0 Å². The minimum Gasteiger partial charge on any atom is -0.506 e. The zero-order valence-corrected chi connectivity index (χ0v) is 9.99. The van der Waals surface area contributed by atoms with E-state index in [1.807, 2.05) is 0 Å². The summed E-state index contributed by atoms with van der Waals surface area (Å²) in [6.45, 7) is 0. The highest BCUT2D eigenvalue weighted by atomic mass is 32.2. The molecule has 2 aromatic carbocycles. The van der Waals surface area contributed by atoms with Crippen molar-refractivity contribution >= 4 is 15.7 Å². The number of anilines is 1. The van der Waals surface area contributed by atoms with Gasteiger partial charge in [0.05, 0.1) is 5.69 Å². The lowest BCUT2D eigenvalue weighted by Crippen LogP contribution is -2.14. The standard InChI is InChI=1S/C12H10FNO3S/c13-9-5-1-4-8-12(9)18(16,17)14-10-6-2-3-7-11(10)15/h1-8,14-15H. The van der Waals surface area contributed by atoms with Gasteiger partial charge in [-0.2, -0.15) is 0 Å². The fraction of sp³-hybridized carbons (Fsp3) is 0. The number of rotatable bonds is 3. The molecule has 2 N–H and O–H groups in total. The van der Waals surface area contributed by atoms with Gasteiger partial charge >= 0.3 is 0 Å². The first-order valence-corrected chi connectivity index (χ1v) is 6.54. The smallest absolute Gasteiger partial charge is 0.264 e. The van der Waals surface area contributed by atoms with Crippen molar-refractivity contribution in [2.24, 2.45) is 0 Å². The number of benzene rings is 2. The third-order valence-electron chi connectivity index (χ3n) is 2.27. The molecule has 0 spiro atoms. The molecule has 2 rings (SSSR count). The highest BCUT2D eigenvalue weighted by molar-refractivity contribution is 7.92. The van der Waals surface area contributed by atoms with E-state index in [9.17, 15) is 17.9 Å². The molecule has 0 aliphatic heterocycles. The van der Waals surface area contributed by atoms with Crippen LogP contribution in [0.2, 0.25) is 0 Å². The van der Waals surface area contributed by atoms with Crippen molar-refractivity contribution in [3.05, 3.63) is 54.3 Å². The molecule has 0 saturated carbocycles. The van der Waals surface area contributed by atoms with Crippen LogP contribution in [-0.2, 0) is 10.0 Å². The molecule has 0 atom stereocenters. The molecule has 0 aliphatic carbocycles. The summed E-state index contributed by atoms with van der Waals surface area (Å²) in [6.07, 6.45) is 0. The van der Waals surface area contributed by atoms with Crippen LogP contribution in [0.5, 0.6) is 5.75 Å². The number of phenolic OH excluding ortho intramolecular Hbond substituents is 1. The van der Waals surface area contributed by atoms with Gasteiger partial charge in [-0.1, -0.05) is 24.3 Å². The summed E-state index contributed by atoms with van der Waals surface area (Å²) in [6, 6.07) is 10.8. The van der Waals surface area contributed by atoms with E-state index in [1.54, 1.807) is 12.1 Å². The second-order valence-corrected chi connectivity index (χ2v) is 5.20. The lowest BCUT2D eigenvalue weighted by Gasteiger charge is -2.09. The van der Waals surface area contributed by atoms with Gasteiger partial charge < -0.3 is 5.11 Å². The second-order valence-electron chi connectivity index (χ2n) is 3.55. The molecule has 18 heavy (non-hydrogen) atoms. The molecule has 4 nitrogen and oxygen atoms in total. The van der Waals surface area contributed by atoms with E-state index in [-0.39, 0.29) is 11.4 Å². The summed E-state index contributed by atoms with van der Waals surface area (Å²) in [5.74, 6) is -1.07. The number of halogens is 1. The van der Waals surface area contributed by atoms with Gasteiger partial charge in [-0.3, -0.25) is 4.72 Å². The maximum Gasteiger partial charge on any atom is 0.264 e. The summed E-state index contributed by atoms with van der Waals surface area (Å²) in [5, 5.41) is 9.47. The van der Waals surface area contributed by atoms with Crippen molar-refractivity contribution in [1.29, 1.82) is 0 Å². The zero-order chi connectivity index (χ0) is 13.2. The predicted molar refractivity (Wildman–Crippen MR) is 65.3 cm³/mol. The van der Waals surface area contributed by atoms with Gasteiger partial charge in [-0.05, 0) is 24.3 Å². The Hall–Kier alpha value is -2.08. The van der Waals surface area contributed by atoms with Crippen molar-refractivity contribution in [3.8, 4) is 5.75 Å². The first kappa shape index (κ1) is 12.4. The van der Waals surface area contributed by atoms with Crippen LogP contribution in [0.25, 0.3) is 0 Å². The average molecular weight is 267 g/mol. The zero-order valence-electron chi connectivity index (χ0n) is 9.17. The molecule has 0 radical (unpaired) electrons. The Morgan fingerprint density at radius 2 is 1.61 bits per heavy atom. The SMILES string of the molecule is O=S(=O)(Nc1ccccc1O)c1ccccc1F. The number of phenols is 1. The average Bonchev–Trinajstić information content (AvgIpc) is 2.32.